The average Bonchev–Trinajstić information content (AvgIpc) is 3.15. The van der Waals surface area contributed by atoms with E-state index in [2.05, 4.69) is 15.3 Å². The number of rotatable bonds is 5. The summed E-state index contributed by atoms with van der Waals surface area (Å²) in [6.07, 6.45) is 0. The van der Waals surface area contributed by atoms with Gasteiger partial charge in [0.05, 0.1) is 18.1 Å². The maximum absolute atomic E-state index is 13.3. The quantitative estimate of drug-likeness (QED) is 0.498. The summed E-state index contributed by atoms with van der Waals surface area (Å²) in [4.78, 5) is 32.9. The number of amides is 1. The van der Waals surface area contributed by atoms with Crippen LogP contribution in [0.5, 0.6) is 5.75 Å². The van der Waals surface area contributed by atoms with Crippen molar-refractivity contribution in [3.05, 3.63) is 59.0 Å². The lowest BCUT2D eigenvalue weighted by Gasteiger charge is -2.27. The molecule has 1 aliphatic rings. The Hall–Kier alpha value is -3.53. The zero-order chi connectivity index (χ0) is 22.1. The van der Waals surface area contributed by atoms with Crippen molar-refractivity contribution >= 4 is 45.9 Å². The number of carbonyl (C=O) groups is 1. The number of benzene rings is 2. The van der Waals surface area contributed by atoms with E-state index >= 15 is 0 Å². The number of nitrogens with one attached hydrogen (secondary N) is 1. The minimum atomic E-state index is -0.365. The summed E-state index contributed by atoms with van der Waals surface area (Å²) in [6.45, 7) is 1.48. The SMILES string of the molecule is COc1ccc(NC(=O)Cn2nc3c(N4CCSCC4)nc4ccccc4n3c2=O)cc1. The lowest BCUT2D eigenvalue weighted by molar-refractivity contribution is -0.117. The summed E-state index contributed by atoms with van der Waals surface area (Å²) in [6, 6.07) is 14.5. The van der Waals surface area contributed by atoms with Crippen molar-refractivity contribution < 1.29 is 9.53 Å². The molecule has 2 aromatic heterocycles. The summed E-state index contributed by atoms with van der Waals surface area (Å²) in [5, 5.41) is 7.32. The number of thioether (sulfide) groups is 1. The van der Waals surface area contributed by atoms with Gasteiger partial charge in [-0.1, -0.05) is 12.1 Å². The van der Waals surface area contributed by atoms with Crippen LogP contribution in [0.15, 0.2) is 53.3 Å². The van der Waals surface area contributed by atoms with Crippen LogP contribution < -0.4 is 20.6 Å². The highest BCUT2D eigenvalue weighted by atomic mass is 32.2. The van der Waals surface area contributed by atoms with Crippen molar-refractivity contribution in [1.82, 2.24) is 19.2 Å². The summed E-state index contributed by atoms with van der Waals surface area (Å²) in [7, 11) is 1.58. The molecule has 0 bridgehead atoms. The lowest BCUT2D eigenvalue weighted by atomic mass is 10.3. The molecule has 164 valence electrons. The van der Waals surface area contributed by atoms with Gasteiger partial charge in [-0.25, -0.2) is 18.9 Å². The number of aromatic nitrogens is 4. The van der Waals surface area contributed by atoms with E-state index in [1.54, 1.807) is 35.8 Å². The molecule has 32 heavy (non-hydrogen) atoms. The van der Waals surface area contributed by atoms with Crippen LogP contribution in [0.4, 0.5) is 11.5 Å². The molecule has 0 saturated carbocycles. The highest BCUT2D eigenvalue weighted by Crippen LogP contribution is 2.24. The van der Waals surface area contributed by atoms with E-state index in [1.807, 2.05) is 36.0 Å². The number of fused-ring (bicyclic) bond motifs is 3. The maximum Gasteiger partial charge on any atom is 0.351 e. The molecule has 5 rings (SSSR count). The topological polar surface area (TPSA) is 93.8 Å². The van der Waals surface area contributed by atoms with Gasteiger partial charge in [0.1, 0.15) is 12.3 Å². The zero-order valence-electron chi connectivity index (χ0n) is 17.5. The molecular weight excluding hydrogens is 428 g/mol. The van der Waals surface area contributed by atoms with Crippen LogP contribution in [0.25, 0.3) is 16.7 Å². The predicted molar refractivity (Wildman–Crippen MR) is 126 cm³/mol. The molecule has 0 spiro atoms. The molecule has 1 fully saturated rings. The van der Waals surface area contributed by atoms with Gasteiger partial charge in [-0.15, -0.1) is 5.10 Å². The van der Waals surface area contributed by atoms with Gasteiger partial charge < -0.3 is 15.0 Å². The number of carbonyl (C=O) groups excluding carboxylic acids is 1. The van der Waals surface area contributed by atoms with Crippen molar-refractivity contribution in [2.75, 3.05) is 41.9 Å². The van der Waals surface area contributed by atoms with E-state index in [0.29, 0.717) is 28.4 Å². The summed E-state index contributed by atoms with van der Waals surface area (Å²) < 4.78 is 7.89. The number of hydrogen-bond acceptors (Lipinski definition) is 7. The Bertz CT molecular complexity index is 1340. The normalized spacial score (nSPS) is 14.1. The Morgan fingerprint density at radius 1 is 1.12 bits per heavy atom. The molecule has 4 aromatic rings. The Balaban J connectivity index is 1.52. The molecule has 1 amide bonds. The van der Waals surface area contributed by atoms with E-state index in [-0.39, 0.29) is 18.1 Å². The summed E-state index contributed by atoms with van der Waals surface area (Å²) in [5.74, 6) is 3.03. The first-order chi connectivity index (χ1) is 15.6. The zero-order valence-corrected chi connectivity index (χ0v) is 18.3. The largest absolute Gasteiger partial charge is 0.497 e. The van der Waals surface area contributed by atoms with Crippen LogP contribution in [0, 0.1) is 0 Å². The van der Waals surface area contributed by atoms with Crippen LogP contribution in [0.1, 0.15) is 0 Å². The van der Waals surface area contributed by atoms with E-state index < -0.39 is 0 Å². The molecule has 1 saturated heterocycles. The second kappa shape index (κ2) is 8.54. The highest BCUT2D eigenvalue weighted by Gasteiger charge is 2.22. The number of methoxy groups -OCH3 is 1. The molecule has 2 aromatic carbocycles. The first kappa shape index (κ1) is 20.4. The van der Waals surface area contributed by atoms with Crippen LogP contribution in [-0.4, -0.2) is 56.8 Å². The van der Waals surface area contributed by atoms with Gasteiger partial charge in [0.25, 0.3) is 0 Å². The Morgan fingerprint density at radius 2 is 1.88 bits per heavy atom. The first-order valence-corrected chi connectivity index (χ1v) is 11.4. The molecule has 10 heteroatoms. The van der Waals surface area contributed by atoms with Crippen molar-refractivity contribution in [1.29, 1.82) is 0 Å². The molecule has 1 aliphatic heterocycles. The molecule has 0 aliphatic carbocycles. The Kier molecular flexibility index (Phi) is 5.44. The number of hydrogen-bond donors (Lipinski definition) is 1. The summed E-state index contributed by atoms with van der Waals surface area (Å²) >= 11 is 1.90. The molecule has 0 unspecified atom stereocenters. The van der Waals surface area contributed by atoms with Crippen molar-refractivity contribution in [2.45, 2.75) is 6.54 Å². The van der Waals surface area contributed by atoms with Crippen molar-refractivity contribution in [3.63, 3.8) is 0 Å². The van der Waals surface area contributed by atoms with Gasteiger partial charge in [0.2, 0.25) is 11.6 Å². The van der Waals surface area contributed by atoms with E-state index in [1.165, 1.54) is 4.68 Å². The standard InChI is InChI=1S/C22H22N6O3S/c1-31-16-8-6-15(7-9-16)23-19(29)14-27-22(30)28-18-5-3-2-4-17(18)24-20(21(28)25-27)26-10-12-32-13-11-26/h2-9H,10-14H2,1H3,(H,23,29). The fraction of sp³-hybridized carbons (Fsp3) is 0.273. The number of anilines is 2. The van der Waals surface area contributed by atoms with E-state index in [9.17, 15) is 9.59 Å². The van der Waals surface area contributed by atoms with Crippen LogP contribution in [0.2, 0.25) is 0 Å². The first-order valence-electron chi connectivity index (χ1n) is 10.3. The monoisotopic (exact) mass is 450 g/mol. The van der Waals surface area contributed by atoms with E-state index in [4.69, 9.17) is 9.72 Å². The fourth-order valence-corrected chi connectivity index (χ4v) is 4.69. The lowest BCUT2D eigenvalue weighted by Crippen LogP contribution is -2.33. The van der Waals surface area contributed by atoms with Crippen LogP contribution in [0.3, 0.4) is 0 Å². The molecular formula is C22H22N6O3S. The average molecular weight is 451 g/mol. The second-order valence-electron chi connectivity index (χ2n) is 7.40. The molecule has 0 radical (unpaired) electrons. The maximum atomic E-state index is 13.3. The van der Waals surface area contributed by atoms with Gasteiger partial charge in [-0.3, -0.25) is 4.79 Å². The smallest absolute Gasteiger partial charge is 0.351 e. The number of nitrogens with zero attached hydrogens (tertiary/aromatic N) is 5. The number of ether oxygens (including phenoxy) is 1. The van der Waals surface area contributed by atoms with Gasteiger partial charge in [-0.05, 0) is 36.4 Å². The molecule has 9 nitrogen and oxygen atoms in total. The van der Waals surface area contributed by atoms with Crippen LogP contribution >= 0.6 is 11.8 Å². The fourth-order valence-electron chi connectivity index (χ4n) is 3.78. The van der Waals surface area contributed by atoms with Gasteiger partial charge in [0.15, 0.2) is 5.82 Å². The highest BCUT2D eigenvalue weighted by molar-refractivity contribution is 7.99. The van der Waals surface area contributed by atoms with Gasteiger partial charge in [0, 0.05) is 30.3 Å². The Labute approximate surface area is 188 Å². The molecule has 3 heterocycles. The van der Waals surface area contributed by atoms with Gasteiger partial charge >= 0.3 is 5.69 Å². The van der Waals surface area contributed by atoms with E-state index in [0.717, 1.165) is 30.1 Å². The third-order valence-corrected chi connectivity index (χ3v) is 6.31. The van der Waals surface area contributed by atoms with Crippen LogP contribution in [-0.2, 0) is 11.3 Å². The van der Waals surface area contributed by atoms with Crippen molar-refractivity contribution in [3.8, 4) is 5.75 Å². The Morgan fingerprint density at radius 3 is 2.62 bits per heavy atom. The minimum Gasteiger partial charge on any atom is -0.497 e. The second-order valence-corrected chi connectivity index (χ2v) is 8.62. The minimum absolute atomic E-state index is 0.198. The van der Waals surface area contributed by atoms with Gasteiger partial charge in [-0.2, -0.15) is 11.8 Å². The van der Waals surface area contributed by atoms with Crippen molar-refractivity contribution in [2.24, 2.45) is 0 Å². The third kappa shape index (κ3) is 3.77. The third-order valence-electron chi connectivity index (χ3n) is 5.37. The number of para-hydroxylation sites is 2. The summed E-state index contributed by atoms with van der Waals surface area (Å²) in [5.41, 5.74) is 2.11. The predicted octanol–water partition coefficient (Wildman–Crippen LogP) is 2.24. The molecule has 0 atom stereocenters. The molecule has 1 N–H and O–H groups in total.